The molecule has 1 aromatic carbocycles. The first-order chi connectivity index (χ1) is 15.6. The second kappa shape index (κ2) is 12.3. The van der Waals surface area contributed by atoms with Gasteiger partial charge in [0.1, 0.15) is 18.2 Å². The lowest BCUT2D eigenvalue weighted by molar-refractivity contribution is 0.0389. The molecule has 2 aromatic heterocycles. The highest BCUT2D eigenvalue weighted by molar-refractivity contribution is 14.0. The molecule has 0 unspecified atom stereocenters. The van der Waals surface area contributed by atoms with E-state index in [1.54, 1.807) is 12.1 Å². The molecule has 0 bridgehead atoms. The predicted octanol–water partition coefficient (Wildman–Crippen LogP) is 1.97. The SMILES string of the molecule is Cc1nnc(CN=C(NCCc2c[nH]c3ccc(F)cc23)NCCN2CCOCC2)n1C.I. The van der Waals surface area contributed by atoms with Crippen molar-refractivity contribution in [3.63, 3.8) is 0 Å². The van der Waals surface area contributed by atoms with E-state index in [0.717, 1.165) is 79.9 Å². The molecule has 0 radical (unpaired) electrons. The van der Waals surface area contributed by atoms with Gasteiger partial charge in [-0.1, -0.05) is 0 Å². The summed E-state index contributed by atoms with van der Waals surface area (Å²) >= 11 is 0. The van der Waals surface area contributed by atoms with E-state index in [1.165, 1.54) is 6.07 Å². The van der Waals surface area contributed by atoms with Crippen molar-refractivity contribution in [2.75, 3.05) is 45.9 Å². The second-order valence-corrected chi connectivity index (χ2v) is 7.95. The monoisotopic (exact) mass is 570 g/mol. The van der Waals surface area contributed by atoms with E-state index in [9.17, 15) is 4.39 Å². The van der Waals surface area contributed by atoms with Crippen LogP contribution in [0.2, 0.25) is 0 Å². The van der Waals surface area contributed by atoms with Crippen molar-refractivity contribution in [2.45, 2.75) is 19.9 Å². The number of hydrogen-bond donors (Lipinski definition) is 3. The minimum absolute atomic E-state index is 0. The van der Waals surface area contributed by atoms with Gasteiger partial charge in [0.2, 0.25) is 0 Å². The molecule has 1 aliphatic heterocycles. The van der Waals surface area contributed by atoms with E-state index in [0.29, 0.717) is 13.1 Å². The molecule has 0 amide bonds. The van der Waals surface area contributed by atoms with Crippen molar-refractivity contribution >= 4 is 40.8 Å². The number of ether oxygens (including phenoxy) is 1. The van der Waals surface area contributed by atoms with Crippen LogP contribution in [0.5, 0.6) is 0 Å². The van der Waals surface area contributed by atoms with Gasteiger partial charge in [-0.15, -0.1) is 34.2 Å². The Balaban J connectivity index is 0.00000306. The number of guanidine groups is 1. The average molecular weight is 570 g/mol. The molecule has 1 fully saturated rings. The van der Waals surface area contributed by atoms with Crippen molar-refractivity contribution in [1.29, 1.82) is 0 Å². The highest BCUT2D eigenvalue weighted by Crippen LogP contribution is 2.19. The number of aryl methyl sites for hydroxylation is 1. The van der Waals surface area contributed by atoms with Crippen LogP contribution in [0.3, 0.4) is 0 Å². The summed E-state index contributed by atoms with van der Waals surface area (Å²) < 4.78 is 21.0. The average Bonchev–Trinajstić information content (AvgIpc) is 3.35. The summed E-state index contributed by atoms with van der Waals surface area (Å²) in [5.41, 5.74) is 2.01. The lowest BCUT2D eigenvalue weighted by Crippen LogP contribution is -2.44. The van der Waals surface area contributed by atoms with Gasteiger partial charge in [0.25, 0.3) is 0 Å². The number of morpholine rings is 1. The van der Waals surface area contributed by atoms with E-state index < -0.39 is 0 Å². The normalized spacial score (nSPS) is 14.9. The number of H-pyrrole nitrogens is 1. The van der Waals surface area contributed by atoms with Crippen LogP contribution < -0.4 is 10.6 Å². The third-order valence-corrected chi connectivity index (χ3v) is 5.80. The molecule has 4 rings (SSSR count). The maximum absolute atomic E-state index is 13.6. The first-order valence-electron chi connectivity index (χ1n) is 11.0. The Labute approximate surface area is 210 Å². The maximum Gasteiger partial charge on any atom is 0.191 e. The summed E-state index contributed by atoms with van der Waals surface area (Å²) in [4.78, 5) is 10.3. The highest BCUT2D eigenvalue weighted by atomic mass is 127. The van der Waals surface area contributed by atoms with Crippen LogP contribution in [0.15, 0.2) is 29.4 Å². The number of nitrogens with zero attached hydrogens (tertiary/aromatic N) is 5. The third-order valence-electron chi connectivity index (χ3n) is 5.80. The predicted molar refractivity (Wildman–Crippen MR) is 138 cm³/mol. The van der Waals surface area contributed by atoms with Gasteiger partial charge in [0.05, 0.1) is 13.2 Å². The fourth-order valence-corrected chi connectivity index (χ4v) is 3.74. The molecule has 1 aliphatic rings. The molecule has 1 saturated heterocycles. The Morgan fingerprint density at radius 2 is 2.00 bits per heavy atom. The van der Waals surface area contributed by atoms with Crippen molar-refractivity contribution in [3.05, 3.63) is 47.4 Å². The summed E-state index contributed by atoms with van der Waals surface area (Å²) in [5.74, 6) is 2.17. The molecular formula is C22H32FIN8O. The summed E-state index contributed by atoms with van der Waals surface area (Å²) in [6.07, 6.45) is 2.69. The molecule has 180 valence electrons. The van der Waals surface area contributed by atoms with Crippen LogP contribution in [0, 0.1) is 12.7 Å². The molecule has 3 N–H and O–H groups in total. The lowest BCUT2D eigenvalue weighted by Gasteiger charge is -2.26. The number of aromatic nitrogens is 4. The molecule has 11 heteroatoms. The number of fused-ring (bicyclic) bond motifs is 1. The maximum atomic E-state index is 13.6. The Kier molecular flexibility index (Phi) is 9.44. The van der Waals surface area contributed by atoms with Crippen LogP contribution in [0.1, 0.15) is 17.2 Å². The fraction of sp³-hybridized carbons (Fsp3) is 0.500. The lowest BCUT2D eigenvalue weighted by atomic mass is 10.1. The highest BCUT2D eigenvalue weighted by Gasteiger charge is 2.11. The Hall–Kier alpha value is -2.25. The van der Waals surface area contributed by atoms with E-state index in [2.05, 4.69) is 30.7 Å². The number of aromatic amines is 1. The van der Waals surface area contributed by atoms with Gasteiger partial charge in [-0.05, 0) is 37.1 Å². The molecule has 0 aliphatic carbocycles. The molecule has 0 atom stereocenters. The summed E-state index contributed by atoms with van der Waals surface area (Å²) in [5, 5.41) is 16.0. The number of aliphatic imine (C=N–C) groups is 1. The zero-order valence-corrected chi connectivity index (χ0v) is 21.4. The van der Waals surface area contributed by atoms with Gasteiger partial charge in [-0.2, -0.15) is 0 Å². The standard InChI is InChI=1S/C22H31FN8O.HI/c1-16-28-29-21(30(16)2)15-27-22(25-7-8-31-9-11-32-12-10-31)24-6-5-17-14-26-20-4-3-18(23)13-19(17)20;/h3-4,13-14,26H,5-12,15H2,1-2H3,(H2,24,25,27);1H. The first kappa shape index (κ1) is 25.4. The molecule has 9 nitrogen and oxygen atoms in total. The van der Waals surface area contributed by atoms with Gasteiger partial charge in [0.15, 0.2) is 11.8 Å². The van der Waals surface area contributed by atoms with E-state index >= 15 is 0 Å². The molecule has 3 aromatic rings. The van der Waals surface area contributed by atoms with Crippen LogP contribution in [-0.2, 0) is 24.8 Å². The summed E-state index contributed by atoms with van der Waals surface area (Å²) in [7, 11) is 1.94. The number of nitrogens with one attached hydrogen (secondary N) is 3. The zero-order valence-electron chi connectivity index (χ0n) is 19.1. The van der Waals surface area contributed by atoms with Gasteiger partial charge >= 0.3 is 0 Å². The van der Waals surface area contributed by atoms with Crippen LogP contribution in [0.25, 0.3) is 10.9 Å². The van der Waals surface area contributed by atoms with E-state index in [4.69, 9.17) is 9.73 Å². The molecule has 0 spiro atoms. The van der Waals surface area contributed by atoms with Crippen LogP contribution in [-0.4, -0.2) is 76.5 Å². The first-order valence-corrected chi connectivity index (χ1v) is 11.0. The van der Waals surface area contributed by atoms with Gasteiger partial charge in [-0.25, -0.2) is 9.38 Å². The quantitative estimate of drug-likeness (QED) is 0.218. The molecule has 0 saturated carbocycles. The largest absolute Gasteiger partial charge is 0.379 e. The van der Waals surface area contributed by atoms with Gasteiger partial charge in [0, 0.05) is 56.9 Å². The van der Waals surface area contributed by atoms with Crippen LogP contribution >= 0.6 is 24.0 Å². The van der Waals surface area contributed by atoms with Crippen molar-refractivity contribution in [1.82, 2.24) is 35.3 Å². The van der Waals surface area contributed by atoms with Gasteiger partial charge in [-0.3, -0.25) is 4.90 Å². The molecule has 33 heavy (non-hydrogen) atoms. The summed E-state index contributed by atoms with van der Waals surface area (Å²) in [6.45, 7) is 8.22. The topological polar surface area (TPSA) is 95.4 Å². The Morgan fingerprint density at radius 3 is 2.76 bits per heavy atom. The van der Waals surface area contributed by atoms with Crippen molar-refractivity contribution in [3.8, 4) is 0 Å². The fourth-order valence-electron chi connectivity index (χ4n) is 3.74. The molecule has 3 heterocycles. The van der Waals surface area contributed by atoms with Crippen LogP contribution in [0.4, 0.5) is 4.39 Å². The number of benzene rings is 1. The van der Waals surface area contributed by atoms with Gasteiger partial charge < -0.3 is 24.9 Å². The van der Waals surface area contributed by atoms with Crippen molar-refractivity contribution < 1.29 is 9.13 Å². The third kappa shape index (κ3) is 6.87. The number of rotatable bonds is 8. The Morgan fingerprint density at radius 1 is 1.21 bits per heavy atom. The molecular weight excluding hydrogens is 538 g/mol. The zero-order chi connectivity index (χ0) is 22.3. The number of hydrogen-bond acceptors (Lipinski definition) is 5. The number of halogens is 2. The smallest absolute Gasteiger partial charge is 0.191 e. The van der Waals surface area contributed by atoms with Crippen molar-refractivity contribution in [2.24, 2.45) is 12.0 Å². The van der Waals surface area contributed by atoms with E-state index in [-0.39, 0.29) is 29.8 Å². The minimum atomic E-state index is -0.225. The Bertz CT molecular complexity index is 1060. The summed E-state index contributed by atoms with van der Waals surface area (Å²) in [6, 6.07) is 4.82. The van der Waals surface area contributed by atoms with E-state index in [1.807, 2.05) is 24.7 Å². The second-order valence-electron chi connectivity index (χ2n) is 7.95. The minimum Gasteiger partial charge on any atom is -0.379 e.